The zero-order valence-electron chi connectivity index (χ0n) is 13.3. The summed E-state index contributed by atoms with van der Waals surface area (Å²) in [4.78, 5) is 14.5. The maximum absolute atomic E-state index is 13.5. The number of ether oxygens (including phenoxy) is 1. The minimum Gasteiger partial charge on any atom is -0.453 e. The van der Waals surface area contributed by atoms with Crippen molar-refractivity contribution < 1.29 is 18.3 Å². The second-order valence-electron chi connectivity index (χ2n) is 5.47. The number of piperazine rings is 1. The molecule has 0 aliphatic carbocycles. The first-order chi connectivity index (χ1) is 11.2. The third-order valence-electron chi connectivity index (χ3n) is 3.90. The lowest BCUT2D eigenvalue weighted by atomic mass is 10.0. The number of hydrogen-bond donors (Lipinski definition) is 1. The Morgan fingerprint density at radius 1 is 1.42 bits per heavy atom. The number of nitrogens with one attached hydrogen (secondary N) is 1. The second kappa shape index (κ2) is 8.28. The van der Waals surface area contributed by atoms with Crippen molar-refractivity contribution in [2.75, 3.05) is 26.7 Å². The van der Waals surface area contributed by atoms with Crippen LogP contribution in [0.25, 0.3) is 0 Å². The highest BCUT2D eigenvalue weighted by Crippen LogP contribution is 2.25. The summed E-state index contributed by atoms with van der Waals surface area (Å²) in [7, 11) is 1.57. The van der Waals surface area contributed by atoms with Gasteiger partial charge in [-0.3, -0.25) is 4.79 Å². The van der Waals surface area contributed by atoms with Gasteiger partial charge in [0, 0.05) is 26.7 Å². The minimum atomic E-state index is -0.305. The van der Waals surface area contributed by atoms with Crippen LogP contribution < -0.4 is 5.32 Å². The van der Waals surface area contributed by atoms with Gasteiger partial charge in [-0.15, -0.1) is 12.4 Å². The third-order valence-corrected chi connectivity index (χ3v) is 3.90. The van der Waals surface area contributed by atoms with E-state index in [9.17, 15) is 9.18 Å². The molecule has 0 saturated carbocycles. The standard InChI is InChI=1S/C17H19FN2O3.ClH/c1-22-11-14-5-6-16(23-14)17(21)20-8-7-19-10-15(20)12-3-2-4-13(18)9-12;/h2-6,9,15,19H,7-8,10-11H2,1H3;1H. The normalized spacial score (nSPS) is 17.4. The van der Waals surface area contributed by atoms with Crippen LogP contribution in [-0.4, -0.2) is 37.6 Å². The summed E-state index contributed by atoms with van der Waals surface area (Å²) in [6, 6.07) is 9.52. The molecule has 5 nitrogen and oxygen atoms in total. The van der Waals surface area contributed by atoms with Gasteiger partial charge in [-0.2, -0.15) is 0 Å². The lowest BCUT2D eigenvalue weighted by Gasteiger charge is -2.36. The molecule has 0 spiro atoms. The number of hydrogen-bond acceptors (Lipinski definition) is 4. The van der Waals surface area contributed by atoms with Gasteiger partial charge in [0.25, 0.3) is 5.91 Å². The van der Waals surface area contributed by atoms with Gasteiger partial charge in [-0.1, -0.05) is 12.1 Å². The molecule has 7 heteroatoms. The quantitative estimate of drug-likeness (QED) is 0.917. The zero-order valence-corrected chi connectivity index (χ0v) is 14.1. The summed E-state index contributed by atoms with van der Waals surface area (Å²) in [5.74, 6) is 0.387. The van der Waals surface area contributed by atoms with E-state index in [1.165, 1.54) is 12.1 Å². The van der Waals surface area contributed by atoms with E-state index in [1.807, 2.05) is 6.07 Å². The lowest BCUT2D eigenvalue weighted by Crippen LogP contribution is -2.48. The zero-order chi connectivity index (χ0) is 16.2. The van der Waals surface area contributed by atoms with Crippen LogP contribution in [0.5, 0.6) is 0 Å². The molecule has 1 unspecified atom stereocenters. The number of nitrogens with zero attached hydrogens (tertiary/aromatic N) is 1. The first kappa shape index (κ1) is 18.4. The van der Waals surface area contributed by atoms with Crippen molar-refractivity contribution >= 4 is 18.3 Å². The highest BCUT2D eigenvalue weighted by molar-refractivity contribution is 5.92. The number of carbonyl (C=O) groups excluding carboxylic acids is 1. The number of amides is 1. The molecule has 1 N–H and O–H groups in total. The van der Waals surface area contributed by atoms with Crippen LogP contribution >= 0.6 is 12.4 Å². The maximum atomic E-state index is 13.5. The molecule has 0 radical (unpaired) electrons. The summed E-state index contributed by atoms with van der Waals surface area (Å²) in [6.07, 6.45) is 0. The topological polar surface area (TPSA) is 54.7 Å². The van der Waals surface area contributed by atoms with Crippen molar-refractivity contribution in [3.8, 4) is 0 Å². The third kappa shape index (κ3) is 3.95. The van der Waals surface area contributed by atoms with Crippen LogP contribution in [0, 0.1) is 5.82 Å². The van der Waals surface area contributed by atoms with Crippen LogP contribution in [0.15, 0.2) is 40.8 Å². The molecule has 1 aromatic heterocycles. The lowest BCUT2D eigenvalue weighted by molar-refractivity contribution is 0.0594. The number of methoxy groups -OCH3 is 1. The molecule has 1 aliphatic rings. The fraction of sp³-hybridized carbons (Fsp3) is 0.353. The van der Waals surface area contributed by atoms with E-state index in [-0.39, 0.29) is 35.9 Å². The smallest absolute Gasteiger partial charge is 0.290 e. The number of furan rings is 1. The molecular weight excluding hydrogens is 335 g/mol. The molecule has 1 fully saturated rings. The average Bonchev–Trinajstić information content (AvgIpc) is 3.03. The fourth-order valence-corrected chi connectivity index (χ4v) is 2.81. The van der Waals surface area contributed by atoms with Gasteiger partial charge in [0.05, 0.1) is 6.04 Å². The van der Waals surface area contributed by atoms with Crippen LogP contribution in [0.2, 0.25) is 0 Å². The van der Waals surface area contributed by atoms with Gasteiger partial charge in [-0.25, -0.2) is 4.39 Å². The SMILES string of the molecule is COCc1ccc(C(=O)N2CCNCC2c2cccc(F)c2)o1.Cl. The summed E-state index contributed by atoms with van der Waals surface area (Å²) >= 11 is 0. The van der Waals surface area contributed by atoms with Gasteiger partial charge in [0.15, 0.2) is 5.76 Å². The number of halogens is 2. The van der Waals surface area contributed by atoms with E-state index >= 15 is 0 Å². The van der Waals surface area contributed by atoms with Gasteiger partial charge < -0.3 is 19.4 Å². The highest BCUT2D eigenvalue weighted by atomic mass is 35.5. The first-order valence-electron chi connectivity index (χ1n) is 7.54. The van der Waals surface area contributed by atoms with Gasteiger partial charge in [-0.05, 0) is 29.8 Å². The summed E-state index contributed by atoms with van der Waals surface area (Å²) in [5, 5.41) is 3.25. The summed E-state index contributed by atoms with van der Waals surface area (Å²) in [5.41, 5.74) is 0.772. The Balaban J connectivity index is 0.00000208. The predicted octanol–water partition coefficient (Wildman–Crippen LogP) is 2.77. The molecule has 2 heterocycles. The molecule has 1 saturated heterocycles. The number of benzene rings is 1. The molecule has 0 bridgehead atoms. The largest absolute Gasteiger partial charge is 0.453 e. The predicted molar refractivity (Wildman–Crippen MR) is 89.7 cm³/mol. The average molecular weight is 355 g/mol. The molecule has 1 aromatic carbocycles. The van der Waals surface area contributed by atoms with Crippen LogP contribution in [-0.2, 0) is 11.3 Å². The van der Waals surface area contributed by atoms with Crippen molar-refractivity contribution in [1.82, 2.24) is 10.2 Å². The Labute approximate surface area is 146 Å². The van der Waals surface area contributed by atoms with E-state index in [0.717, 1.165) is 5.56 Å². The van der Waals surface area contributed by atoms with Gasteiger partial charge in [0.1, 0.15) is 18.2 Å². The Kier molecular flexibility index (Phi) is 6.36. The van der Waals surface area contributed by atoms with E-state index in [4.69, 9.17) is 9.15 Å². The minimum absolute atomic E-state index is 0. The van der Waals surface area contributed by atoms with E-state index in [1.54, 1.807) is 30.2 Å². The molecule has 2 aromatic rings. The Morgan fingerprint density at radius 3 is 3.00 bits per heavy atom. The van der Waals surface area contributed by atoms with Crippen LogP contribution in [0.3, 0.4) is 0 Å². The summed E-state index contributed by atoms with van der Waals surface area (Å²) in [6.45, 7) is 2.15. The van der Waals surface area contributed by atoms with Crippen molar-refractivity contribution in [2.45, 2.75) is 12.6 Å². The molecule has 24 heavy (non-hydrogen) atoms. The second-order valence-corrected chi connectivity index (χ2v) is 5.47. The van der Waals surface area contributed by atoms with Gasteiger partial charge >= 0.3 is 0 Å². The van der Waals surface area contributed by atoms with Crippen molar-refractivity contribution in [2.24, 2.45) is 0 Å². The highest BCUT2D eigenvalue weighted by Gasteiger charge is 2.30. The molecule has 3 rings (SSSR count). The summed E-state index contributed by atoms with van der Waals surface area (Å²) < 4.78 is 24.0. The van der Waals surface area contributed by atoms with E-state index in [2.05, 4.69) is 5.32 Å². The van der Waals surface area contributed by atoms with Crippen molar-refractivity contribution in [3.63, 3.8) is 0 Å². The van der Waals surface area contributed by atoms with Crippen LogP contribution in [0.1, 0.15) is 27.9 Å². The maximum Gasteiger partial charge on any atom is 0.290 e. The Morgan fingerprint density at radius 2 is 2.25 bits per heavy atom. The monoisotopic (exact) mass is 354 g/mol. The molecule has 1 amide bonds. The van der Waals surface area contributed by atoms with E-state index in [0.29, 0.717) is 32.0 Å². The molecule has 1 aliphatic heterocycles. The van der Waals surface area contributed by atoms with Gasteiger partial charge in [0.2, 0.25) is 0 Å². The first-order valence-corrected chi connectivity index (χ1v) is 7.54. The van der Waals surface area contributed by atoms with E-state index < -0.39 is 0 Å². The molecular formula is C17H20ClFN2O3. The van der Waals surface area contributed by atoms with Crippen LogP contribution in [0.4, 0.5) is 4.39 Å². The van der Waals surface area contributed by atoms with Crippen molar-refractivity contribution in [3.05, 3.63) is 59.3 Å². The number of carbonyl (C=O) groups is 1. The Hall–Kier alpha value is -1.89. The fourth-order valence-electron chi connectivity index (χ4n) is 2.81. The van der Waals surface area contributed by atoms with Crippen molar-refractivity contribution in [1.29, 1.82) is 0 Å². The number of rotatable bonds is 4. The Bertz CT molecular complexity index is 692. The molecule has 1 atom stereocenters. The molecule has 130 valence electrons.